The Labute approximate surface area is 340 Å². The van der Waals surface area contributed by atoms with Crippen molar-refractivity contribution in [1.29, 1.82) is 0 Å². The average molecular weight is 721 g/mol. The summed E-state index contributed by atoms with van der Waals surface area (Å²) in [6, 6.07) is 11.0. The zero-order valence-electron chi connectivity index (χ0n) is 27.4. The number of carboxylic acids is 2. The molecule has 0 spiro atoms. The number of aromatic nitrogens is 3. The first kappa shape index (κ1) is 46.1. The molecule has 52 heavy (non-hydrogen) atoms. The van der Waals surface area contributed by atoms with Crippen LogP contribution in [0.4, 0.5) is 22.7 Å². The molecule has 0 radical (unpaired) electrons. The van der Waals surface area contributed by atoms with Crippen molar-refractivity contribution in [2.45, 2.75) is 9.79 Å². The summed E-state index contributed by atoms with van der Waals surface area (Å²) in [7, 11) is -10.4. The van der Waals surface area contributed by atoms with Crippen LogP contribution in [0.5, 0.6) is 11.8 Å². The van der Waals surface area contributed by atoms with Gasteiger partial charge < -0.3 is 35.0 Å². The fraction of sp³-hybridized carbons (Fsp3) is 0. The Kier molecular flexibility index (Phi) is 16.2. The van der Waals surface area contributed by atoms with Gasteiger partial charge >= 0.3 is 75.4 Å². The van der Waals surface area contributed by atoms with Crippen molar-refractivity contribution in [3.8, 4) is 11.8 Å². The van der Waals surface area contributed by atoms with Crippen LogP contribution in [0.15, 0.2) is 96.7 Å². The van der Waals surface area contributed by atoms with E-state index in [2.05, 4.69) is 35.2 Å². The molecular formula is C27H15Li4N7O12S2. The summed E-state index contributed by atoms with van der Waals surface area (Å²) in [5, 5.41) is 55.2. The van der Waals surface area contributed by atoms with Crippen LogP contribution in [0.1, 0.15) is 20.7 Å². The molecule has 0 fully saturated rings. The van der Waals surface area contributed by atoms with Crippen molar-refractivity contribution < 1.29 is 131 Å². The molecule has 0 unspecified atom stereocenters. The molecule has 1 aromatic heterocycles. The molecule has 5 aromatic rings. The van der Waals surface area contributed by atoms with E-state index in [0.717, 1.165) is 12.1 Å². The Bertz CT molecular complexity index is 2580. The summed E-state index contributed by atoms with van der Waals surface area (Å²) in [5.41, 5.74) is -4.17. The van der Waals surface area contributed by atoms with Gasteiger partial charge in [0.15, 0.2) is 0 Å². The Balaban J connectivity index is 0.00000338. The van der Waals surface area contributed by atoms with Crippen molar-refractivity contribution in [1.82, 2.24) is 15.0 Å². The topological polar surface area (TPSA) is 329 Å². The molecule has 5 rings (SSSR count). The maximum atomic E-state index is 13.8. The molecule has 0 amide bonds. The van der Waals surface area contributed by atoms with Crippen LogP contribution in [0.25, 0.3) is 10.8 Å². The zero-order valence-corrected chi connectivity index (χ0v) is 29.0. The molecule has 0 aliphatic rings. The number of para-hydroxylation sites is 1. The second-order valence-electron chi connectivity index (χ2n) is 9.42. The third kappa shape index (κ3) is 10.4. The van der Waals surface area contributed by atoms with Crippen LogP contribution in [-0.2, 0) is 20.2 Å². The number of hydrogen-bond acceptors (Lipinski definition) is 15. The van der Waals surface area contributed by atoms with Gasteiger partial charge in [-0.25, -0.2) is 15.0 Å². The minimum absolute atomic E-state index is 0. The maximum Gasteiger partial charge on any atom is 1.00 e. The predicted octanol–water partition coefficient (Wildman–Crippen LogP) is -12.8. The van der Waals surface area contributed by atoms with Crippen molar-refractivity contribution in [3.05, 3.63) is 89.1 Å². The van der Waals surface area contributed by atoms with E-state index in [4.69, 9.17) is 0 Å². The van der Waals surface area contributed by atoms with Crippen LogP contribution in [0, 0.1) is 0 Å². The summed E-state index contributed by atoms with van der Waals surface area (Å²) in [6.07, 6.45) is 0. The monoisotopic (exact) mass is 721 g/mol. The number of H-pyrrole nitrogens is 2. The average Bonchev–Trinajstić information content (AvgIpc) is 2.99. The first-order valence-electron chi connectivity index (χ1n) is 12.8. The summed E-state index contributed by atoms with van der Waals surface area (Å²) < 4.78 is 68.4. The van der Waals surface area contributed by atoms with Gasteiger partial charge in [0.05, 0.1) is 45.6 Å². The van der Waals surface area contributed by atoms with E-state index < -0.39 is 92.7 Å². The number of rotatable bonds is 8. The van der Waals surface area contributed by atoms with Gasteiger partial charge in [-0.1, -0.05) is 42.1 Å². The van der Waals surface area contributed by atoms with E-state index in [1.807, 2.05) is 0 Å². The van der Waals surface area contributed by atoms with E-state index in [1.165, 1.54) is 36.4 Å². The SMILES string of the molecule is O=C([O-])c1ccccc1N=Nc1c(S(=O)(=O)O)cc2cc(S(=O)(=O)O)cc(N=c3[nH]c([O-])nc(=Nc4ccccc4C(=O)[O-])[nH]3)c2c1[O-].[Li+].[Li+].[Li+].[Li+]. The van der Waals surface area contributed by atoms with E-state index in [-0.39, 0.29) is 92.4 Å². The molecule has 0 aliphatic carbocycles. The molecule has 0 saturated heterocycles. The Morgan fingerprint density at radius 1 is 0.692 bits per heavy atom. The molecule has 0 saturated carbocycles. The molecule has 25 heteroatoms. The van der Waals surface area contributed by atoms with Crippen molar-refractivity contribution >= 4 is 65.7 Å². The fourth-order valence-corrected chi connectivity index (χ4v) is 5.46. The first-order chi connectivity index (χ1) is 22.5. The zero-order chi connectivity index (χ0) is 35.0. The summed E-state index contributed by atoms with van der Waals surface area (Å²) in [6.45, 7) is 0. The number of azo groups is 1. The number of carboxylic acid groups (broad SMARTS) is 2. The smallest absolute Gasteiger partial charge is 0.870 e. The number of hydrogen-bond donors (Lipinski definition) is 4. The Hall–Kier alpha value is -3.90. The van der Waals surface area contributed by atoms with Crippen molar-refractivity contribution in [3.63, 3.8) is 0 Å². The Morgan fingerprint density at radius 3 is 1.81 bits per heavy atom. The molecule has 246 valence electrons. The van der Waals surface area contributed by atoms with Gasteiger partial charge in [-0.15, -0.1) is 10.2 Å². The second-order valence-corrected chi connectivity index (χ2v) is 12.2. The van der Waals surface area contributed by atoms with Crippen LogP contribution in [-0.4, -0.2) is 52.8 Å². The fourth-order valence-electron chi connectivity index (χ4n) is 4.27. The Morgan fingerprint density at radius 2 is 1.25 bits per heavy atom. The van der Waals surface area contributed by atoms with Crippen LogP contribution in [0.3, 0.4) is 0 Å². The van der Waals surface area contributed by atoms with Crippen molar-refractivity contribution in [2.24, 2.45) is 20.2 Å². The van der Waals surface area contributed by atoms with Gasteiger partial charge in [0, 0.05) is 16.5 Å². The standard InChI is InChI=1S/C27H19N7O12S2.4Li/c35-22-20-12(10-19(48(44,45)46)21(22)34-33-17-8-4-2-6-15(17)24(38)39)9-13(47(41,42)43)11-18(20)29-26-30-25(31-27(40)32-26)28-16-7-3-1-5-14(16)23(36)37;;;;/h1-11,35H,(H,36,37)(H,38,39)(H,41,42,43)(H,44,45,46)(H3,28,29,30,31,32,40);;;;/q;4*+1/p-4. The molecule has 4 N–H and O–H groups in total. The number of carbonyl (C=O) groups is 2. The normalized spacial score (nSPS) is 12.0. The van der Waals surface area contributed by atoms with E-state index in [9.17, 15) is 56.0 Å². The minimum Gasteiger partial charge on any atom is -0.870 e. The number of fused-ring (bicyclic) bond motifs is 1. The number of aromatic amines is 2. The molecular weight excluding hydrogens is 706 g/mol. The van der Waals surface area contributed by atoms with E-state index in [1.54, 1.807) is 0 Å². The van der Waals surface area contributed by atoms with Crippen LogP contribution >= 0.6 is 0 Å². The maximum absolute atomic E-state index is 13.8. The first-order valence-corrected chi connectivity index (χ1v) is 15.7. The summed E-state index contributed by atoms with van der Waals surface area (Å²) >= 11 is 0. The number of aromatic carboxylic acids is 2. The van der Waals surface area contributed by atoms with E-state index in [0.29, 0.717) is 18.2 Å². The third-order valence-electron chi connectivity index (χ3n) is 6.29. The van der Waals surface area contributed by atoms with Gasteiger partial charge in [-0.2, -0.15) is 16.8 Å². The van der Waals surface area contributed by atoms with Crippen LogP contribution < -0.4 is 107 Å². The van der Waals surface area contributed by atoms with Gasteiger partial charge in [0.2, 0.25) is 11.2 Å². The minimum atomic E-state index is -5.29. The number of carbonyl (C=O) groups excluding carboxylic acids is 2. The molecule has 19 nitrogen and oxygen atoms in total. The number of benzene rings is 4. The van der Waals surface area contributed by atoms with Gasteiger partial charge in [-0.3, -0.25) is 14.1 Å². The number of nitrogens with zero attached hydrogens (tertiary/aromatic N) is 5. The summed E-state index contributed by atoms with van der Waals surface area (Å²) in [5.74, 6) is -4.61. The van der Waals surface area contributed by atoms with Crippen molar-refractivity contribution in [2.75, 3.05) is 0 Å². The van der Waals surface area contributed by atoms with Crippen LogP contribution in [0.2, 0.25) is 0 Å². The predicted molar refractivity (Wildman–Crippen MR) is 152 cm³/mol. The second kappa shape index (κ2) is 18.2. The number of nitrogens with one attached hydrogen (secondary N) is 2. The molecule has 0 atom stereocenters. The summed E-state index contributed by atoms with van der Waals surface area (Å²) in [4.78, 5) is 37.0. The largest absolute Gasteiger partial charge is 1.00 e. The molecule has 0 bridgehead atoms. The molecule has 4 aromatic carbocycles. The van der Waals surface area contributed by atoms with Gasteiger partial charge in [-0.05, 0) is 35.7 Å². The van der Waals surface area contributed by atoms with E-state index >= 15 is 0 Å². The van der Waals surface area contributed by atoms with Gasteiger partial charge in [0.25, 0.3) is 20.2 Å². The van der Waals surface area contributed by atoms with Gasteiger partial charge in [0.1, 0.15) is 4.90 Å². The molecule has 1 heterocycles. The third-order valence-corrected chi connectivity index (χ3v) is 7.99. The molecule has 0 aliphatic heterocycles. The quantitative estimate of drug-likeness (QED) is 0.0658.